The van der Waals surface area contributed by atoms with Crippen molar-refractivity contribution in [2.24, 2.45) is 0 Å². The molecule has 0 unspecified atom stereocenters. The van der Waals surface area contributed by atoms with Crippen molar-refractivity contribution in [2.75, 3.05) is 13.1 Å². The number of carbonyl (C=O) groups excluding carboxylic acids is 1. The van der Waals surface area contributed by atoms with Crippen molar-refractivity contribution in [3.8, 4) is 0 Å². The van der Waals surface area contributed by atoms with Crippen LogP contribution in [-0.4, -0.2) is 39.0 Å². The number of carbonyl (C=O) groups is 1. The summed E-state index contributed by atoms with van der Waals surface area (Å²) >= 11 is 5.89. The van der Waals surface area contributed by atoms with E-state index < -0.39 is 4.92 Å². The van der Waals surface area contributed by atoms with Gasteiger partial charge in [-0.2, -0.15) is 5.10 Å². The van der Waals surface area contributed by atoms with Gasteiger partial charge < -0.3 is 4.90 Å². The SMILES string of the molecule is O=C(c1ccc([N+](=O)[O-])c(Cl)c1)N1CCC[C@H](c2cn[nH]c2)C1. The molecular formula is C15H15ClN4O3. The molecule has 0 aliphatic carbocycles. The lowest BCUT2D eigenvalue weighted by Gasteiger charge is -2.32. The number of nitrogens with one attached hydrogen (secondary N) is 1. The number of hydrogen-bond donors (Lipinski definition) is 1. The predicted molar refractivity (Wildman–Crippen MR) is 84.6 cm³/mol. The third-order valence-corrected chi connectivity index (χ3v) is 4.39. The summed E-state index contributed by atoms with van der Waals surface area (Å²) < 4.78 is 0. The Kier molecular flexibility index (Phi) is 4.29. The summed E-state index contributed by atoms with van der Waals surface area (Å²) in [4.78, 5) is 24.6. The van der Waals surface area contributed by atoms with Gasteiger partial charge in [-0.3, -0.25) is 20.0 Å². The maximum Gasteiger partial charge on any atom is 0.287 e. The molecular weight excluding hydrogens is 320 g/mol. The lowest BCUT2D eigenvalue weighted by Crippen LogP contribution is -2.39. The minimum atomic E-state index is -0.563. The van der Waals surface area contributed by atoms with Crippen LogP contribution in [0, 0.1) is 10.1 Å². The van der Waals surface area contributed by atoms with Gasteiger partial charge in [0.05, 0.1) is 11.1 Å². The van der Waals surface area contributed by atoms with Crippen LogP contribution in [-0.2, 0) is 0 Å². The van der Waals surface area contributed by atoms with Gasteiger partial charge in [0.2, 0.25) is 0 Å². The first-order chi connectivity index (χ1) is 11.1. The number of piperidine rings is 1. The highest BCUT2D eigenvalue weighted by atomic mass is 35.5. The lowest BCUT2D eigenvalue weighted by atomic mass is 9.92. The molecule has 1 N–H and O–H groups in total. The summed E-state index contributed by atoms with van der Waals surface area (Å²) in [7, 11) is 0. The number of likely N-dealkylation sites (tertiary alicyclic amines) is 1. The maximum atomic E-state index is 12.6. The second-order valence-electron chi connectivity index (χ2n) is 5.55. The second-order valence-corrected chi connectivity index (χ2v) is 5.95. The number of H-pyrrole nitrogens is 1. The Labute approximate surface area is 137 Å². The zero-order valence-corrected chi connectivity index (χ0v) is 13.0. The fourth-order valence-electron chi connectivity index (χ4n) is 2.89. The van der Waals surface area contributed by atoms with E-state index in [1.807, 2.05) is 6.20 Å². The van der Waals surface area contributed by atoms with Crippen molar-refractivity contribution in [3.63, 3.8) is 0 Å². The van der Waals surface area contributed by atoms with Crippen molar-refractivity contribution >= 4 is 23.2 Å². The molecule has 1 aliphatic heterocycles. The summed E-state index contributed by atoms with van der Waals surface area (Å²) in [6, 6.07) is 4.09. The van der Waals surface area contributed by atoms with E-state index in [-0.39, 0.29) is 22.5 Å². The number of hydrogen-bond acceptors (Lipinski definition) is 4. The van der Waals surface area contributed by atoms with Gasteiger partial charge in [0.1, 0.15) is 5.02 Å². The lowest BCUT2D eigenvalue weighted by molar-refractivity contribution is -0.384. The van der Waals surface area contributed by atoms with Gasteiger partial charge in [-0.25, -0.2) is 0 Å². The Morgan fingerprint density at radius 2 is 2.30 bits per heavy atom. The monoisotopic (exact) mass is 334 g/mol. The molecule has 2 heterocycles. The quantitative estimate of drug-likeness (QED) is 0.689. The highest BCUT2D eigenvalue weighted by molar-refractivity contribution is 6.33. The molecule has 2 aromatic rings. The molecule has 0 radical (unpaired) electrons. The van der Waals surface area contributed by atoms with Crippen LogP contribution in [0.15, 0.2) is 30.6 Å². The number of nitro benzene ring substituents is 1. The van der Waals surface area contributed by atoms with Gasteiger partial charge in [-0.15, -0.1) is 0 Å². The zero-order valence-electron chi connectivity index (χ0n) is 12.2. The number of aromatic amines is 1. The van der Waals surface area contributed by atoms with E-state index >= 15 is 0 Å². The van der Waals surface area contributed by atoms with Gasteiger partial charge in [0, 0.05) is 36.8 Å². The molecule has 1 atom stereocenters. The first kappa shape index (κ1) is 15.5. The van der Waals surface area contributed by atoms with Crippen molar-refractivity contribution in [1.29, 1.82) is 0 Å². The van der Waals surface area contributed by atoms with E-state index in [2.05, 4.69) is 10.2 Å². The maximum absolute atomic E-state index is 12.6. The van der Waals surface area contributed by atoms with E-state index in [1.165, 1.54) is 18.2 Å². The molecule has 23 heavy (non-hydrogen) atoms. The van der Waals surface area contributed by atoms with Crippen molar-refractivity contribution in [1.82, 2.24) is 15.1 Å². The number of rotatable bonds is 3. The van der Waals surface area contributed by atoms with Crippen molar-refractivity contribution < 1.29 is 9.72 Å². The van der Waals surface area contributed by atoms with Crippen molar-refractivity contribution in [2.45, 2.75) is 18.8 Å². The summed E-state index contributed by atoms with van der Waals surface area (Å²) in [5, 5.41) is 17.5. The van der Waals surface area contributed by atoms with Gasteiger partial charge in [-0.1, -0.05) is 11.6 Å². The smallest absolute Gasteiger partial charge is 0.287 e. The van der Waals surface area contributed by atoms with Crippen LogP contribution in [0.1, 0.15) is 34.7 Å². The van der Waals surface area contributed by atoms with Crippen LogP contribution in [0.5, 0.6) is 0 Å². The molecule has 0 saturated carbocycles. The molecule has 1 aromatic carbocycles. The van der Waals surface area contributed by atoms with E-state index in [9.17, 15) is 14.9 Å². The van der Waals surface area contributed by atoms with Crippen LogP contribution < -0.4 is 0 Å². The highest BCUT2D eigenvalue weighted by Crippen LogP contribution is 2.29. The first-order valence-corrected chi connectivity index (χ1v) is 7.66. The van der Waals surface area contributed by atoms with Gasteiger partial charge >= 0.3 is 0 Å². The number of benzene rings is 1. The standard InChI is InChI=1S/C15H15ClN4O3/c16-13-6-10(3-4-14(13)20(22)23)15(21)19-5-1-2-11(9-19)12-7-17-18-8-12/h3-4,6-8,11H,1-2,5,9H2,(H,17,18)/t11-/m0/s1. The largest absolute Gasteiger partial charge is 0.338 e. The average Bonchev–Trinajstić information content (AvgIpc) is 3.08. The molecule has 1 amide bonds. The normalized spacial score (nSPS) is 18.0. The molecule has 1 fully saturated rings. The Morgan fingerprint density at radius 3 is 2.96 bits per heavy atom. The number of amides is 1. The van der Waals surface area contributed by atoms with Gasteiger partial charge in [-0.05, 0) is 30.5 Å². The van der Waals surface area contributed by atoms with E-state index in [0.717, 1.165) is 18.4 Å². The van der Waals surface area contributed by atoms with Crippen LogP contribution in [0.3, 0.4) is 0 Å². The Bertz CT molecular complexity index is 732. The molecule has 3 rings (SSSR count). The third-order valence-electron chi connectivity index (χ3n) is 4.09. The molecule has 1 aromatic heterocycles. The Hall–Kier alpha value is -2.41. The number of nitrogens with zero attached hydrogens (tertiary/aromatic N) is 3. The summed E-state index contributed by atoms with van der Waals surface area (Å²) in [5.74, 6) is 0.0926. The molecule has 1 saturated heterocycles. The highest BCUT2D eigenvalue weighted by Gasteiger charge is 2.27. The van der Waals surface area contributed by atoms with Crippen LogP contribution in [0.2, 0.25) is 5.02 Å². The van der Waals surface area contributed by atoms with Crippen molar-refractivity contribution in [3.05, 3.63) is 56.9 Å². The number of halogens is 1. The summed E-state index contributed by atoms with van der Waals surface area (Å²) in [5.41, 5.74) is 1.26. The van der Waals surface area contributed by atoms with E-state index in [0.29, 0.717) is 18.7 Å². The van der Waals surface area contributed by atoms with Gasteiger partial charge in [0.25, 0.3) is 11.6 Å². The van der Waals surface area contributed by atoms with E-state index in [1.54, 1.807) is 11.1 Å². The van der Waals surface area contributed by atoms with Gasteiger partial charge in [0.15, 0.2) is 0 Å². The molecule has 0 bridgehead atoms. The second kappa shape index (κ2) is 6.37. The van der Waals surface area contributed by atoms with Crippen LogP contribution in [0.4, 0.5) is 5.69 Å². The molecule has 7 nitrogen and oxygen atoms in total. The minimum absolute atomic E-state index is 0.0238. The molecule has 8 heteroatoms. The van der Waals surface area contributed by atoms with E-state index in [4.69, 9.17) is 11.6 Å². The topological polar surface area (TPSA) is 92.1 Å². The fourth-order valence-corrected chi connectivity index (χ4v) is 3.14. The van der Waals surface area contributed by atoms with Crippen LogP contribution >= 0.6 is 11.6 Å². The fraction of sp³-hybridized carbons (Fsp3) is 0.333. The first-order valence-electron chi connectivity index (χ1n) is 7.28. The average molecular weight is 335 g/mol. The summed E-state index contributed by atoms with van der Waals surface area (Å²) in [6.07, 6.45) is 5.54. The molecule has 120 valence electrons. The number of aromatic nitrogens is 2. The Balaban J connectivity index is 1.77. The Morgan fingerprint density at radius 1 is 1.48 bits per heavy atom. The zero-order chi connectivity index (χ0) is 16.4. The van der Waals surface area contributed by atoms with Crippen LogP contribution in [0.25, 0.3) is 0 Å². The third kappa shape index (κ3) is 3.19. The summed E-state index contributed by atoms with van der Waals surface area (Å²) in [6.45, 7) is 1.27. The molecule has 1 aliphatic rings. The number of nitro groups is 1. The predicted octanol–water partition coefficient (Wildman–Crippen LogP) is 2.99. The minimum Gasteiger partial charge on any atom is -0.338 e. The molecule has 0 spiro atoms.